The Balaban J connectivity index is 2.28. The molecular formula is C11H10N4O2. The number of imide groups is 1. The van der Waals surface area contributed by atoms with Crippen LogP contribution in [0.4, 0.5) is 5.69 Å². The first-order valence-corrected chi connectivity index (χ1v) is 5.08. The lowest BCUT2D eigenvalue weighted by atomic mass is 10.2. The number of hydrogen-bond donors (Lipinski definition) is 1. The third-order valence-corrected chi connectivity index (χ3v) is 2.62. The molecule has 1 aliphatic heterocycles. The number of anilines is 1. The first-order chi connectivity index (χ1) is 8.11. The predicted molar refractivity (Wildman–Crippen MR) is 58.9 cm³/mol. The number of piperazine rings is 1. The van der Waals surface area contributed by atoms with E-state index in [-0.39, 0.29) is 18.4 Å². The van der Waals surface area contributed by atoms with Crippen LogP contribution in [0.2, 0.25) is 0 Å². The molecule has 1 unspecified atom stereocenters. The Morgan fingerprint density at radius 2 is 2.29 bits per heavy atom. The van der Waals surface area contributed by atoms with Gasteiger partial charge in [0.1, 0.15) is 17.8 Å². The van der Waals surface area contributed by atoms with Gasteiger partial charge in [0.15, 0.2) is 0 Å². The maximum absolute atomic E-state index is 11.5. The van der Waals surface area contributed by atoms with Gasteiger partial charge in [-0.15, -0.1) is 0 Å². The van der Waals surface area contributed by atoms with Crippen LogP contribution in [0.3, 0.4) is 0 Å². The van der Waals surface area contributed by atoms with Crippen LogP contribution in [0, 0.1) is 11.3 Å². The number of hydrogen-bond acceptors (Lipinski definition) is 5. The third kappa shape index (κ3) is 2.08. The number of nitrogens with zero attached hydrogens (tertiary/aromatic N) is 3. The number of rotatable bonds is 1. The van der Waals surface area contributed by atoms with Crippen molar-refractivity contribution in [2.24, 2.45) is 0 Å². The SMILES string of the molecule is CC1C(=O)NC(=O)CN1c1ccc(C#N)nc1. The standard InChI is InChI=1S/C11H10N4O2/c1-7-11(17)14-10(16)6-15(7)9-3-2-8(4-12)13-5-9/h2-3,5,7H,6H2,1H3,(H,14,16,17). The minimum atomic E-state index is -0.428. The fraction of sp³-hybridized carbons (Fsp3) is 0.273. The molecule has 0 bridgehead atoms. The lowest BCUT2D eigenvalue weighted by Crippen LogP contribution is -2.57. The summed E-state index contributed by atoms with van der Waals surface area (Å²) < 4.78 is 0. The van der Waals surface area contributed by atoms with E-state index in [1.54, 1.807) is 24.0 Å². The van der Waals surface area contributed by atoms with Crippen LogP contribution in [0.25, 0.3) is 0 Å². The molecule has 6 nitrogen and oxygen atoms in total. The summed E-state index contributed by atoms with van der Waals surface area (Å²) in [7, 11) is 0. The normalized spacial score (nSPS) is 19.8. The van der Waals surface area contributed by atoms with Gasteiger partial charge in [-0.05, 0) is 19.1 Å². The summed E-state index contributed by atoms with van der Waals surface area (Å²) in [6.45, 7) is 1.82. The number of carbonyl (C=O) groups is 2. The molecule has 1 saturated heterocycles. The van der Waals surface area contributed by atoms with E-state index in [1.807, 2.05) is 6.07 Å². The van der Waals surface area contributed by atoms with Crippen molar-refractivity contribution >= 4 is 17.5 Å². The summed E-state index contributed by atoms with van der Waals surface area (Å²) in [5.41, 5.74) is 0.953. The van der Waals surface area contributed by atoms with Gasteiger partial charge < -0.3 is 4.90 Å². The summed E-state index contributed by atoms with van der Waals surface area (Å²) in [6, 6.07) is 4.71. The number of carbonyl (C=O) groups excluding carboxylic acids is 2. The molecule has 17 heavy (non-hydrogen) atoms. The highest BCUT2D eigenvalue weighted by atomic mass is 16.2. The monoisotopic (exact) mass is 230 g/mol. The van der Waals surface area contributed by atoms with Crippen molar-refractivity contribution in [3.8, 4) is 6.07 Å². The van der Waals surface area contributed by atoms with Gasteiger partial charge in [0.05, 0.1) is 18.4 Å². The second-order valence-corrected chi connectivity index (χ2v) is 3.73. The Labute approximate surface area is 97.9 Å². The Morgan fingerprint density at radius 3 is 2.88 bits per heavy atom. The van der Waals surface area contributed by atoms with Gasteiger partial charge in [0.25, 0.3) is 0 Å². The van der Waals surface area contributed by atoms with Crippen LogP contribution < -0.4 is 10.2 Å². The zero-order valence-corrected chi connectivity index (χ0v) is 9.17. The molecule has 0 radical (unpaired) electrons. The summed E-state index contributed by atoms with van der Waals surface area (Å²) in [5.74, 6) is -0.664. The molecule has 2 heterocycles. The molecule has 2 rings (SSSR count). The fourth-order valence-electron chi connectivity index (χ4n) is 1.65. The molecular weight excluding hydrogens is 220 g/mol. The Kier molecular flexibility index (Phi) is 2.75. The third-order valence-electron chi connectivity index (χ3n) is 2.62. The zero-order chi connectivity index (χ0) is 12.4. The minimum Gasteiger partial charge on any atom is -0.349 e. The van der Waals surface area contributed by atoms with Crippen molar-refractivity contribution < 1.29 is 9.59 Å². The van der Waals surface area contributed by atoms with Crippen molar-refractivity contribution in [2.45, 2.75) is 13.0 Å². The zero-order valence-electron chi connectivity index (χ0n) is 9.17. The first kappa shape index (κ1) is 11.1. The summed E-state index contributed by atoms with van der Waals surface area (Å²) >= 11 is 0. The van der Waals surface area contributed by atoms with Crippen LogP contribution in [-0.4, -0.2) is 29.4 Å². The lowest BCUT2D eigenvalue weighted by Gasteiger charge is -2.33. The molecule has 2 amide bonds. The second kappa shape index (κ2) is 4.22. The quantitative estimate of drug-likeness (QED) is 0.675. The van der Waals surface area contributed by atoms with Crippen LogP contribution in [0.15, 0.2) is 18.3 Å². The number of nitrogens with one attached hydrogen (secondary N) is 1. The molecule has 0 aromatic carbocycles. The number of aromatic nitrogens is 1. The van der Waals surface area contributed by atoms with E-state index in [2.05, 4.69) is 10.3 Å². The molecule has 1 N–H and O–H groups in total. The van der Waals surface area contributed by atoms with Crippen LogP contribution >= 0.6 is 0 Å². The van der Waals surface area contributed by atoms with E-state index < -0.39 is 6.04 Å². The van der Waals surface area contributed by atoms with E-state index in [0.29, 0.717) is 11.4 Å². The Hall–Kier alpha value is -2.42. The molecule has 0 saturated carbocycles. The van der Waals surface area contributed by atoms with Crippen molar-refractivity contribution in [3.63, 3.8) is 0 Å². The summed E-state index contributed by atoms with van der Waals surface area (Å²) in [4.78, 5) is 28.3. The van der Waals surface area contributed by atoms with E-state index in [4.69, 9.17) is 5.26 Å². The summed E-state index contributed by atoms with van der Waals surface area (Å²) in [6.07, 6.45) is 1.49. The van der Waals surface area contributed by atoms with E-state index in [1.165, 1.54) is 6.20 Å². The molecule has 6 heteroatoms. The van der Waals surface area contributed by atoms with Gasteiger partial charge >= 0.3 is 0 Å². The smallest absolute Gasteiger partial charge is 0.249 e. The average molecular weight is 230 g/mol. The lowest BCUT2D eigenvalue weighted by molar-refractivity contribution is -0.132. The fourth-order valence-corrected chi connectivity index (χ4v) is 1.65. The molecule has 1 fully saturated rings. The van der Waals surface area contributed by atoms with Gasteiger partial charge in [-0.1, -0.05) is 0 Å². The number of nitriles is 1. The van der Waals surface area contributed by atoms with Gasteiger partial charge in [-0.2, -0.15) is 5.26 Å². The molecule has 1 aliphatic rings. The van der Waals surface area contributed by atoms with Crippen molar-refractivity contribution in [3.05, 3.63) is 24.0 Å². The molecule has 0 spiro atoms. The van der Waals surface area contributed by atoms with Gasteiger partial charge in [-0.3, -0.25) is 14.9 Å². The molecule has 1 aromatic rings. The highest BCUT2D eigenvalue weighted by molar-refractivity contribution is 6.04. The summed E-state index contributed by atoms with van der Waals surface area (Å²) in [5, 5.41) is 10.9. The number of amides is 2. The Bertz CT molecular complexity index is 503. The van der Waals surface area contributed by atoms with E-state index in [0.717, 1.165) is 0 Å². The largest absolute Gasteiger partial charge is 0.349 e. The van der Waals surface area contributed by atoms with Crippen molar-refractivity contribution in [1.82, 2.24) is 10.3 Å². The topological polar surface area (TPSA) is 86.1 Å². The van der Waals surface area contributed by atoms with Crippen LogP contribution in [0.1, 0.15) is 12.6 Å². The van der Waals surface area contributed by atoms with Crippen molar-refractivity contribution in [1.29, 1.82) is 5.26 Å². The number of pyridine rings is 1. The van der Waals surface area contributed by atoms with Gasteiger partial charge in [-0.25, -0.2) is 4.98 Å². The van der Waals surface area contributed by atoms with Crippen LogP contribution in [-0.2, 0) is 9.59 Å². The maximum atomic E-state index is 11.5. The van der Waals surface area contributed by atoms with Gasteiger partial charge in [0.2, 0.25) is 11.8 Å². The van der Waals surface area contributed by atoms with Crippen molar-refractivity contribution in [2.75, 3.05) is 11.4 Å². The first-order valence-electron chi connectivity index (χ1n) is 5.08. The predicted octanol–water partition coefficient (Wildman–Crippen LogP) is -0.195. The van der Waals surface area contributed by atoms with E-state index >= 15 is 0 Å². The molecule has 1 aromatic heterocycles. The van der Waals surface area contributed by atoms with E-state index in [9.17, 15) is 9.59 Å². The highest BCUT2D eigenvalue weighted by Crippen LogP contribution is 2.17. The molecule has 1 atom stereocenters. The second-order valence-electron chi connectivity index (χ2n) is 3.73. The molecule has 0 aliphatic carbocycles. The highest BCUT2D eigenvalue weighted by Gasteiger charge is 2.30. The van der Waals surface area contributed by atoms with Gasteiger partial charge in [0, 0.05) is 0 Å². The maximum Gasteiger partial charge on any atom is 0.249 e. The molecule has 86 valence electrons. The average Bonchev–Trinajstić information content (AvgIpc) is 2.34. The van der Waals surface area contributed by atoms with Crippen LogP contribution in [0.5, 0.6) is 0 Å². The minimum absolute atomic E-state index is 0.112. The Morgan fingerprint density at radius 1 is 1.53 bits per heavy atom.